The van der Waals surface area contributed by atoms with Gasteiger partial charge in [0.25, 0.3) is 0 Å². The van der Waals surface area contributed by atoms with Gasteiger partial charge in [-0.15, -0.1) is 0 Å². The summed E-state index contributed by atoms with van der Waals surface area (Å²) in [5, 5.41) is 2.48. The number of allylic oxidation sites excluding steroid dienone is 4. The molecular formula is C66H52N4. The van der Waals surface area contributed by atoms with Crippen LogP contribution in [0.5, 0.6) is 0 Å². The lowest BCUT2D eigenvalue weighted by Gasteiger charge is -2.23. The molecule has 70 heavy (non-hydrogen) atoms. The Bertz CT molecular complexity index is 3700. The lowest BCUT2D eigenvalue weighted by molar-refractivity contribution is 0.660. The summed E-state index contributed by atoms with van der Waals surface area (Å²) in [6.07, 6.45) is 8.09. The Hall–Kier alpha value is -8.60. The van der Waals surface area contributed by atoms with Gasteiger partial charge in [-0.25, -0.2) is 4.99 Å². The van der Waals surface area contributed by atoms with Gasteiger partial charge in [0.1, 0.15) is 5.84 Å². The molecule has 10 aromatic rings. The molecule has 0 amide bonds. The number of rotatable bonds is 9. The van der Waals surface area contributed by atoms with Crippen molar-refractivity contribution in [2.75, 3.05) is 0 Å². The molecule has 0 spiro atoms. The summed E-state index contributed by atoms with van der Waals surface area (Å²) in [4.78, 5) is 10.2. The Balaban J connectivity index is 0.853. The number of aliphatic imine (C=N–C) groups is 2. The summed E-state index contributed by atoms with van der Waals surface area (Å²) in [6.45, 7) is 5.17. The zero-order valence-corrected chi connectivity index (χ0v) is 39.4. The smallest absolute Gasteiger partial charge is 0.157 e. The van der Waals surface area contributed by atoms with E-state index in [0.717, 1.165) is 39.9 Å². The first-order chi connectivity index (χ1) is 34.4. The van der Waals surface area contributed by atoms with Crippen LogP contribution in [0.3, 0.4) is 0 Å². The molecule has 0 fully saturated rings. The van der Waals surface area contributed by atoms with Crippen molar-refractivity contribution in [3.63, 3.8) is 0 Å². The van der Waals surface area contributed by atoms with E-state index in [1.807, 2.05) is 12.1 Å². The third-order valence-corrected chi connectivity index (χ3v) is 14.5. The van der Waals surface area contributed by atoms with E-state index in [9.17, 15) is 0 Å². The fraction of sp³-hybridized carbons (Fsp3) is 0.0909. The highest BCUT2D eigenvalue weighted by molar-refractivity contribution is 6.12. The van der Waals surface area contributed by atoms with Gasteiger partial charge >= 0.3 is 0 Å². The fourth-order valence-electron chi connectivity index (χ4n) is 10.8. The van der Waals surface area contributed by atoms with Crippen molar-refractivity contribution in [3.8, 4) is 39.1 Å². The van der Waals surface area contributed by atoms with E-state index < -0.39 is 0 Å². The summed E-state index contributed by atoms with van der Waals surface area (Å²) in [7, 11) is 0. The van der Waals surface area contributed by atoms with Crippen LogP contribution in [0.25, 0.3) is 66.4 Å². The molecule has 4 nitrogen and oxygen atoms in total. The minimum atomic E-state index is -0.0343. The Morgan fingerprint density at radius 1 is 0.557 bits per heavy atom. The number of nitrogens with two attached hydrogens (primary N) is 1. The average Bonchev–Trinajstić information content (AvgIpc) is 3.88. The average molecular weight is 901 g/mol. The number of aromatic nitrogens is 1. The quantitative estimate of drug-likeness (QED) is 0.114. The van der Waals surface area contributed by atoms with Crippen LogP contribution in [0.4, 0.5) is 0 Å². The zero-order chi connectivity index (χ0) is 47.2. The maximum absolute atomic E-state index is 6.94. The molecule has 0 aliphatic heterocycles. The van der Waals surface area contributed by atoms with Crippen molar-refractivity contribution >= 4 is 39.1 Å². The van der Waals surface area contributed by atoms with Gasteiger partial charge in [0.05, 0.1) is 17.6 Å². The highest BCUT2D eigenvalue weighted by Crippen LogP contribution is 2.49. The first-order valence-corrected chi connectivity index (χ1v) is 24.3. The maximum Gasteiger partial charge on any atom is 0.157 e. The molecule has 9 aromatic carbocycles. The van der Waals surface area contributed by atoms with E-state index >= 15 is 0 Å². The molecule has 1 heterocycles. The minimum absolute atomic E-state index is 0.0343. The van der Waals surface area contributed by atoms with E-state index in [0.29, 0.717) is 18.2 Å². The second-order valence-corrected chi connectivity index (χ2v) is 19.1. The minimum Gasteiger partial charge on any atom is -0.383 e. The monoisotopic (exact) mass is 900 g/mol. The molecule has 1 unspecified atom stereocenters. The fourth-order valence-corrected chi connectivity index (χ4v) is 10.8. The largest absolute Gasteiger partial charge is 0.383 e. The first kappa shape index (κ1) is 42.7. The van der Waals surface area contributed by atoms with E-state index in [1.54, 1.807) is 0 Å². The SMILES string of the molecule is CC1(C)c2ccccc2-c2ccc(C3=CCC(c4cccc5c6ccccc6n(-c6ccc(C(N)=NC(=NCc7ccc(-c8ccccc8)cc7)c7ccc(-c8ccccc8)cc7)cc6)c45)C=C3)cc21. The van der Waals surface area contributed by atoms with Crippen molar-refractivity contribution in [2.45, 2.75) is 38.1 Å². The predicted octanol–water partition coefficient (Wildman–Crippen LogP) is 15.9. The number of benzene rings is 9. The van der Waals surface area contributed by atoms with Crippen molar-refractivity contribution in [1.29, 1.82) is 0 Å². The molecule has 1 atom stereocenters. The van der Waals surface area contributed by atoms with Gasteiger partial charge in [-0.05, 0) is 110 Å². The molecule has 336 valence electrons. The topological polar surface area (TPSA) is 55.7 Å². The first-order valence-electron chi connectivity index (χ1n) is 24.3. The Morgan fingerprint density at radius 2 is 1.16 bits per heavy atom. The van der Waals surface area contributed by atoms with Crippen LogP contribution in [0.1, 0.15) is 65.1 Å². The van der Waals surface area contributed by atoms with Gasteiger partial charge in [0.2, 0.25) is 0 Å². The summed E-state index contributed by atoms with van der Waals surface area (Å²) in [5.74, 6) is 1.21. The van der Waals surface area contributed by atoms with E-state index in [2.05, 4.69) is 243 Å². The number of amidine groups is 2. The van der Waals surface area contributed by atoms with Crippen LogP contribution in [0.2, 0.25) is 0 Å². The van der Waals surface area contributed by atoms with Gasteiger partial charge < -0.3 is 10.3 Å². The third-order valence-electron chi connectivity index (χ3n) is 14.5. The lowest BCUT2D eigenvalue weighted by Crippen LogP contribution is -2.16. The molecule has 1 aromatic heterocycles. The molecule has 4 heteroatoms. The molecular weight excluding hydrogens is 849 g/mol. The number of fused-ring (bicyclic) bond motifs is 6. The molecule has 12 rings (SSSR count). The second-order valence-electron chi connectivity index (χ2n) is 19.1. The standard InChI is InChI=1S/C66H52N4/c1-66(2)60-22-11-9-18-56(60)57-41-38-53(42-61(57)66)49-28-32-50(33-29-49)55-20-13-21-59-58-19-10-12-23-62(58)70(63(55)59)54-39-36-51(37-40-54)64(67)69-65(52-34-30-48(31-35-52)46-16-7-4-8-17-46)68-43-44-24-26-47(27-25-44)45-14-5-3-6-15-45/h3-32,34-42,50H,33,43H2,1-2H3,(H2,67,68,69). The number of para-hydroxylation sites is 2. The zero-order valence-electron chi connectivity index (χ0n) is 39.4. The predicted molar refractivity (Wildman–Crippen MR) is 294 cm³/mol. The molecule has 0 bridgehead atoms. The summed E-state index contributed by atoms with van der Waals surface area (Å²) in [5.41, 5.74) is 27.2. The normalized spacial score (nSPS) is 15.2. The van der Waals surface area contributed by atoms with Crippen LogP contribution in [0.15, 0.2) is 247 Å². The highest BCUT2D eigenvalue weighted by Gasteiger charge is 2.35. The van der Waals surface area contributed by atoms with Crippen LogP contribution in [-0.4, -0.2) is 16.2 Å². The Labute approximate surface area is 410 Å². The number of hydrogen-bond acceptors (Lipinski definition) is 1. The van der Waals surface area contributed by atoms with Gasteiger partial charge in [-0.3, -0.25) is 4.99 Å². The molecule has 0 saturated carbocycles. The van der Waals surface area contributed by atoms with E-state index in [1.165, 1.54) is 71.9 Å². The van der Waals surface area contributed by atoms with Crippen LogP contribution in [-0.2, 0) is 12.0 Å². The molecule has 2 aliphatic rings. The lowest BCUT2D eigenvalue weighted by atomic mass is 9.81. The summed E-state index contributed by atoms with van der Waals surface area (Å²) < 4.78 is 2.43. The Kier molecular flexibility index (Phi) is 10.9. The summed E-state index contributed by atoms with van der Waals surface area (Å²) in [6, 6.07) is 77.8. The number of hydrogen-bond donors (Lipinski definition) is 1. The van der Waals surface area contributed by atoms with Gasteiger partial charge in [0, 0.05) is 38.9 Å². The van der Waals surface area contributed by atoms with Crippen molar-refractivity contribution < 1.29 is 0 Å². The van der Waals surface area contributed by atoms with Crippen LogP contribution >= 0.6 is 0 Å². The van der Waals surface area contributed by atoms with Crippen LogP contribution in [0, 0.1) is 0 Å². The van der Waals surface area contributed by atoms with E-state index in [-0.39, 0.29) is 11.3 Å². The van der Waals surface area contributed by atoms with E-state index in [4.69, 9.17) is 15.7 Å². The van der Waals surface area contributed by atoms with Gasteiger partial charge in [0.15, 0.2) is 5.84 Å². The molecule has 0 radical (unpaired) electrons. The van der Waals surface area contributed by atoms with Crippen molar-refractivity contribution in [2.24, 2.45) is 15.7 Å². The maximum atomic E-state index is 6.94. The summed E-state index contributed by atoms with van der Waals surface area (Å²) >= 11 is 0. The second kappa shape index (κ2) is 17.8. The molecule has 2 aliphatic carbocycles. The van der Waals surface area contributed by atoms with Crippen molar-refractivity contribution in [1.82, 2.24) is 4.57 Å². The Morgan fingerprint density at radius 3 is 1.87 bits per heavy atom. The third kappa shape index (κ3) is 7.78. The van der Waals surface area contributed by atoms with Crippen LogP contribution < -0.4 is 5.73 Å². The highest BCUT2D eigenvalue weighted by atomic mass is 15.0. The van der Waals surface area contributed by atoms with Crippen molar-refractivity contribution in [3.05, 3.63) is 276 Å². The number of nitrogens with zero attached hydrogens (tertiary/aromatic N) is 3. The van der Waals surface area contributed by atoms with Gasteiger partial charge in [-0.2, -0.15) is 0 Å². The van der Waals surface area contributed by atoms with Gasteiger partial charge in [-0.1, -0.05) is 214 Å². The molecule has 2 N–H and O–H groups in total. The molecule has 0 saturated heterocycles.